The molecule has 0 radical (unpaired) electrons. The van der Waals surface area contributed by atoms with Crippen LogP contribution in [0.5, 0.6) is 5.06 Å². The number of nitrogens with one attached hydrogen (secondary N) is 1. The van der Waals surface area contributed by atoms with Crippen LogP contribution >= 0.6 is 22.7 Å². The van der Waals surface area contributed by atoms with E-state index >= 15 is 0 Å². The Kier molecular flexibility index (Phi) is 5.96. The Balaban J connectivity index is 1.15. The molecule has 3 atom stereocenters. The van der Waals surface area contributed by atoms with Gasteiger partial charge in [-0.05, 0) is 42.3 Å². The minimum Gasteiger partial charge on any atom is -0.399 e. The maximum Gasteiger partial charge on any atom is 0.414 e. The highest BCUT2D eigenvalue weighted by molar-refractivity contribution is 7.27. The second-order valence-corrected chi connectivity index (χ2v) is 11.4. The summed E-state index contributed by atoms with van der Waals surface area (Å²) >= 11 is 2.95. The highest BCUT2D eigenvalue weighted by Gasteiger charge is 2.52. The summed E-state index contributed by atoms with van der Waals surface area (Å²) in [5.41, 5.74) is 0.278. The minimum absolute atomic E-state index is 0.0488. The number of pyridine rings is 1. The van der Waals surface area contributed by atoms with Crippen molar-refractivity contribution in [2.75, 3.05) is 13.1 Å². The fourth-order valence-corrected chi connectivity index (χ4v) is 7.09. The normalized spacial score (nSPS) is 22.1. The summed E-state index contributed by atoms with van der Waals surface area (Å²) in [5, 5.41) is 5.22. The molecular formula is C25H24N4O5S2. The number of Topliss-reactive ketones (excluding diaryl/α,β-unsaturated/α-hetero) is 1. The van der Waals surface area contributed by atoms with Crippen LogP contribution in [0.15, 0.2) is 41.9 Å². The number of ether oxygens (including phenoxy) is 1. The quantitative estimate of drug-likeness (QED) is 0.530. The van der Waals surface area contributed by atoms with Crippen molar-refractivity contribution in [3.05, 3.63) is 47.6 Å². The lowest BCUT2D eigenvalue weighted by atomic mass is 10.1. The zero-order valence-corrected chi connectivity index (χ0v) is 20.9. The fraction of sp³-hybridized carbons (Fsp3) is 0.400. The van der Waals surface area contributed by atoms with Crippen molar-refractivity contribution in [2.45, 2.75) is 43.8 Å². The molecule has 3 amide bonds. The van der Waals surface area contributed by atoms with Crippen LogP contribution in [0.25, 0.3) is 9.40 Å². The van der Waals surface area contributed by atoms with Gasteiger partial charge >= 0.3 is 6.09 Å². The Morgan fingerprint density at radius 3 is 2.75 bits per heavy atom. The van der Waals surface area contributed by atoms with Crippen LogP contribution in [0, 0.1) is 5.92 Å². The van der Waals surface area contributed by atoms with Crippen molar-refractivity contribution in [3.63, 3.8) is 0 Å². The first-order valence-electron chi connectivity index (χ1n) is 12.0. The number of ketones is 1. The first-order chi connectivity index (χ1) is 17.5. The molecule has 3 aromatic heterocycles. The summed E-state index contributed by atoms with van der Waals surface area (Å²) in [6, 6.07) is 7.00. The molecule has 9 nitrogen and oxygen atoms in total. The first kappa shape index (κ1) is 23.1. The van der Waals surface area contributed by atoms with Gasteiger partial charge in [-0.1, -0.05) is 30.2 Å². The predicted molar refractivity (Wildman–Crippen MR) is 134 cm³/mol. The molecule has 0 aromatic carbocycles. The summed E-state index contributed by atoms with van der Waals surface area (Å²) in [5.74, 6) is -0.399. The molecule has 3 fully saturated rings. The van der Waals surface area contributed by atoms with Crippen LogP contribution < -0.4 is 10.1 Å². The summed E-state index contributed by atoms with van der Waals surface area (Å²) in [4.78, 5) is 59.5. The van der Waals surface area contributed by atoms with E-state index in [0.29, 0.717) is 30.4 Å². The monoisotopic (exact) mass is 524 g/mol. The van der Waals surface area contributed by atoms with Crippen LogP contribution in [0.4, 0.5) is 4.79 Å². The predicted octanol–water partition coefficient (Wildman–Crippen LogP) is 3.31. The lowest BCUT2D eigenvalue weighted by Gasteiger charge is -2.28. The zero-order chi connectivity index (χ0) is 24.8. The highest BCUT2D eigenvalue weighted by atomic mass is 32.1. The smallest absolute Gasteiger partial charge is 0.399 e. The van der Waals surface area contributed by atoms with E-state index in [-0.39, 0.29) is 35.9 Å². The third kappa shape index (κ3) is 4.37. The molecule has 1 aliphatic carbocycles. The van der Waals surface area contributed by atoms with Gasteiger partial charge in [0.1, 0.15) is 17.8 Å². The second kappa shape index (κ2) is 9.29. The van der Waals surface area contributed by atoms with E-state index in [1.165, 1.54) is 16.2 Å². The molecule has 36 heavy (non-hydrogen) atoms. The molecule has 3 aromatic rings. The number of fused-ring (bicyclic) bond motifs is 2. The Labute approximate surface area is 215 Å². The number of carbonyl (C=O) groups excluding carboxylic acids is 4. The largest absolute Gasteiger partial charge is 0.414 e. The molecule has 1 saturated carbocycles. The van der Waals surface area contributed by atoms with Gasteiger partial charge in [-0.3, -0.25) is 19.4 Å². The second-order valence-electron chi connectivity index (χ2n) is 9.43. The zero-order valence-electron chi connectivity index (χ0n) is 19.3. The maximum atomic E-state index is 13.6. The minimum atomic E-state index is -0.779. The molecule has 0 bridgehead atoms. The summed E-state index contributed by atoms with van der Waals surface area (Å²) in [7, 11) is 0. The van der Waals surface area contributed by atoms with E-state index in [9.17, 15) is 19.2 Å². The molecule has 6 rings (SSSR count). The van der Waals surface area contributed by atoms with Gasteiger partial charge in [0, 0.05) is 28.2 Å². The van der Waals surface area contributed by atoms with Crippen LogP contribution in [0.3, 0.4) is 0 Å². The van der Waals surface area contributed by atoms with E-state index < -0.39 is 18.2 Å². The van der Waals surface area contributed by atoms with Gasteiger partial charge in [0.2, 0.25) is 5.91 Å². The van der Waals surface area contributed by atoms with Gasteiger partial charge < -0.3 is 19.9 Å². The Morgan fingerprint density at radius 2 is 2.00 bits per heavy atom. The molecule has 11 heteroatoms. The van der Waals surface area contributed by atoms with Crippen LogP contribution in [0.2, 0.25) is 0 Å². The molecule has 2 aliphatic heterocycles. The van der Waals surface area contributed by atoms with Crippen molar-refractivity contribution in [1.29, 1.82) is 0 Å². The van der Waals surface area contributed by atoms with Gasteiger partial charge in [0.15, 0.2) is 10.8 Å². The van der Waals surface area contributed by atoms with E-state index in [0.717, 1.165) is 22.2 Å². The summed E-state index contributed by atoms with van der Waals surface area (Å²) in [6.45, 7) is 0.303. The highest BCUT2D eigenvalue weighted by Crippen LogP contribution is 2.37. The van der Waals surface area contributed by atoms with Crippen molar-refractivity contribution < 1.29 is 23.9 Å². The third-order valence-electron chi connectivity index (χ3n) is 7.02. The van der Waals surface area contributed by atoms with Gasteiger partial charge in [-0.15, -0.1) is 11.3 Å². The van der Waals surface area contributed by atoms with Crippen LogP contribution in [-0.4, -0.2) is 69.7 Å². The number of hydrogen-bond donors (Lipinski definition) is 1. The maximum absolute atomic E-state index is 13.6. The van der Waals surface area contributed by atoms with Crippen molar-refractivity contribution in [1.82, 2.24) is 20.1 Å². The molecule has 186 valence electrons. The molecular weight excluding hydrogens is 500 g/mol. The van der Waals surface area contributed by atoms with Crippen molar-refractivity contribution in [3.8, 4) is 5.06 Å². The number of amides is 3. The van der Waals surface area contributed by atoms with Crippen LogP contribution in [-0.2, 0) is 9.59 Å². The van der Waals surface area contributed by atoms with Gasteiger partial charge in [0.05, 0.1) is 12.6 Å². The van der Waals surface area contributed by atoms with E-state index in [4.69, 9.17) is 4.74 Å². The van der Waals surface area contributed by atoms with Gasteiger partial charge in [0.25, 0.3) is 5.91 Å². The van der Waals surface area contributed by atoms with E-state index in [1.54, 1.807) is 40.6 Å². The topological polar surface area (TPSA) is 109 Å². The Morgan fingerprint density at radius 1 is 1.14 bits per heavy atom. The number of hydrogen-bond acceptors (Lipinski definition) is 8. The molecule has 0 spiro atoms. The molecule has 2 saturated heterocycles. The number of carbonyl (C=O) groups is 4. The number of thiophene rings is 2. The lowest BCUT2D eigenvalue weighted by Crippen LogP contribution is -2.53. The lowest BCUT2D eigenvalue weighted by molar-refractivity contribution is -0.138. The van der Waals surface area contributed by atoms with Crippen LogP contribution in [0.1, 0.15) is 36.2 Å². The van der Waals surface area contributed by atoms with E-state index in [1.807, 2.05) is 17.5 Å². The van der Waals surface area contributed by atoms with Gasteiger partial charge in [-0.2, -0.15) is 0 Å². The average molecular weight is 525 g/mol. The Bertz CT molecular complexity index is 1310. The SMILES string of the molecule is O=C(NC(CC1CC1)C(=O)N1CCC2C1C(=O)CN2C(=O)c1ccccn1)Oc1cc2sccc2s1. The molecule has 3 unspecified atom stereocenters. The standard InChI is InChI=1S/C25H24N4O5S2/c30-18-13-29(23(31)15-3-1-2-8-26-15)17-6-9-28(22(17)18)24(32)16(11-14-4-5-14)27-25(33)34-21-12-20-19(36-21)7-10-35-20/h1-3,7-8,10,12,14,16-17,22H,4-6,9,11,13H2,(H,27,33). The molecule has 3 aliphatic rings. The molecule has 1 N–H and O–H groups in total. The number of aromatic nitrogens is 1. The summed E-state index contributed by atoms with van der Waals surface area (Å²) in [6.07, 6.45) is 3.90. The number of rotatable bonds is 6. The van der Waals surface area contributed by atoms with Crippen molar-refractivity contribution >= 4 is 55.8 Å². The third-order valence-corrected chi connectivity index (χ3v) is 8.99. The first-order valence-corrected chi connectivity index (χ1v) is 13.7. The Hall–Kier alpha value is -3.31. The fourth-order valence-electron chi connectivity index (χ4n) is 5.14. The average Bonchev–Trinajstić information content (AvgIpc) is 3.17. The molecule has 5 heterocycles. The van der Waals surface area contributed by atoms with E-state index in [2.05, 4.69) is 10.3 Å². The van der Waals surface area contributed by atoms with Gasteiger partial charge in [-0.25, -0.2) is 4.79 Å². The summed E-state index contributed by atoms with van der Waals surface area (Å²) < 4.78 is 7.57. The number of nitrogens with zero attached hydrogens (tertiary/aromatic N) is 3. The van der Waals surface area contributed by atoms with Crippen molar-refractivity contribution in [2.24, 2.45) is 5.92 Å². The number of likely N-dealkylation sites (tertiary alicyclic amines) is 2.